The summed E-state index contributed by atoms with van der Waals surface area (Å²) in [6.07, 6.45) is 0. The minimum atomic E-state index is 0.0233. The molecule has 0 fully saturated rings. The Labute approximate surface area is 150 Å². The number of aromatic nitrogens is 1. The number of ether oxygens (including phenoxy) is 4. The van der Waals surface area contributed by atoms with Gasteiger partial charge in [0.15, 0.2) is 28.8 Å². The molecule has 0 amide bonds. The van der Waals surface area contributed by atoms with Gasteiger partial charge in [-0.1, -0.05) is 5.16 Å². The summed E-state index contributed by atoms with van der Waals surface area (Å²) in [5.74, 6) is 2.50. The predicted molar refractivity (Wildman–Crippen MR) is 95.2 cm³/mol. The largest absolute Gasteiger partial charge is 0.504 e. The highest BCUT2D eigenvalue weighted by atomic mass is 16.5. The summed E-state index contributed by atoms with van der Waals surface area (Å²) in [5.41, 5.74) is 1.88. The summed E-state index contributed by atoms with van der Waals surface area (Å²) in [7, 11) is 6.15. The fourth-order valence-electron chi connectivity index (χ4n) is 2.63. The first-order valence-corrected chi connectivity index (χ1v) is 7.75. The van der Waals surface area contributed by atoms with Crippen LogP contribution in [0.4, 0.5) is 0 Å². The molecule has 0 radical (unpaired) electrons. The van der Waals surface area contributed by atoms with E-state index >= 15 is 0 Å². The SMILES string of the molecule is COc1cc(OC)c(OC)c(-c2cc(-c3ccc(OC)c(O)c3)no2)c1. The molecule has 3 aromatic rings. The Bertz CT molecular complexity index is 918. The van der Waals surface area contributed by atoms with Crippen LogP contribution in [0.5, 0.6) is 28.7 Å². The lowest BCUT2D eigenvalue weighted by atomic mass is 10.1. The maximum Gasteiger partial charge on any atom is 0.172 e. The second kappa shape index (κ2) is 7.26. The Balaban J connectivity index is 2.06. The fourth-order valence-corrected chi connectivity index (χ4v) is 2.63. The Morgan fingerprint density at radius 2 is 1.62 bits per heavy atom. The number of hydrogen-bond donors (Lipinski definition) is 1. The first-order valence-electron chi connectivity index (χ1n) is 7.75. The third-order valence-corrected chi connectivity index (χ3v) is 3.94. The van der Waals surface area contributed by atoms with Crippen molar-refractivity contribution in [1.29, 1.82) is 0 Å². The second-order valence-corrected chi connectivity index (χ2v) is 5.37. The van der Waals surface area contributed by atoms with Gasteiger partial charge in [0.2, 0.25) is 0 Å². The van der Waals surface area contributed by atoms with Crippen LogP contribution in [0.2, 0.25) is 0 Å². The van der Waals surface area contributed by atoms with Crippen molar-refractivity contribution in [2.75, 3.05) is 28.4 Å². The Morgan fingerprint density at radius 1 is 0.846 bits per heavy atom. The van der Waals surface area contributed by atoms with Crippen molar-refractivity contribution in [2.24, 2.45) is 0 Å². The molecule has 1 heterocycles. The van der Waals surface area contributed by atoms with E-state index < -0.39 is 0 Å². The smallest absolute Gasteiger partial charge is 0.172 e. The average molecular weight is 357 g/mol. The van der Waals surface area contributed by atoms with Crippen molar-refractivity contribution in [3.63, 3.8) is 0 Å². The van der Waals surface area contributed by atoms with Gasteiger partial charge >= 0.3 is 0 Å². The molecular weight excluding hydrogens is 338 g/mol. The summed E-state index contributed by atoms with van der Waals surface area (Å²) < 4.78 is 26.7. The summed E-state index contributed by atoms with van der Waals surface area (Å²) in [5, 5.41) is 14.0. The van der Waals surface area contributed by atoms with E-state index in [1.54, 1.807) is 57.7 Å². The zero-order valence-corrected chi connectivity index (χ0v) is 14.9. The number of aromatic hydroxyl groups is 1. The number of nitrogens with zero attached hydrogens (tertiary/aromatic N) is 1. The maximum atomic E-state index is 9.96. The number of benzene rings is 2. The minimum absolute atomic E-state index is 0.0233. The Morgan fingerprint density at radius 3 is 2.23 bits per heavy atom. The van der Waals surface area contributed by atoms with Crippen LogP contribution in [0.1, 0.15) is 0 Å². The average Bonchev–Trinajstić information content (AvgIpc) is 3.16. The molecule has 1 aromatic heterocycles. The van der Waals surface area contributed by atoms with E-state index in [1.807, 2.05) is 0 Å². The van der Waals surface area contributed by atoms with Gasteiger partial charge in [-0.15, -0.1) is 0 Å². The monoisotopic (exact) mass is 357 g/mol. The molecule has 0 bridgehead atoms. The minimum Gasteiger partial charge on any atom is -0.504 e. The van der Waals surface area contributed by atoms with Gasteiger partial charge in [-0.3, -0.25) is 0 Å². The van der Waals surface area contributed by atoms with E-state index in [1.165, 1.54) is 7.11 Å². The van der Waals surface area contributed by atoms with Crippen molar-refractivity contribution >= 4 is 0 Å². The van der Waals surface area contributed by atoms with Gasteiger partial charge in [0.05, 0.1) is 34.0 Å². The fraction of sp³-hybridized carbons (Fsp3) is 0.211. The lowest BCUT2D eigenvalue weighted by Gasteiger charge is -2.12. The predicted octanol–water partition coefficient (Wildman–Crippen LogP) is 3.75. The zero-order valence-electron chi connectivity index (χ0n) is 14.9. The highest BCUT2D eigenvalue weighted by Gasteiger charge is 2.19. The number of phenolic OH excluding ortho intramolecular Hbond substituents is 1. The number of phenols is 1. The summed E-state index contributed by atoms with van der Waals surface area (Å²) in [4.78, 5) is 0. The van der Waals surface area contributed by atoms with Crippen LogP contribution in [-0.2, 0) is 0 Å². The van der Waals surface area contributed by atoms with Crippen molar-refractivity contribution in [2.45, 2.75) is 0 Å². The summed E-state index contributed by atoms with van der Waals surface area (Å²) in [6, 6.07) is 10.2. The van der Waals surface area contributed by atoms with Gasteiger partial charge in [-0.25, -0.2) is 0 Å². The van der Waals surface area contributed by atoms with Gasteiger partial charge in [0, 0.05) is 17.7 Å². The number of methoxy groups -OCH3 is 4. The molecule has 0 aliphatic heterocycles. The van der Waals surface area contributed by atoms with Gasteiger partial charge in [0.1, 0.15) is 11.4 Å². The zero-order chi connectivity index (χ0) is 18.7. The van der Waals surface area contributed by atoms with Crippen LogP contribution in [0.3, 0.4) is 0 Å². The Kier molecular flexibility index (Phi) is 4.88. The van der Waals surface area contributed by atoms with Gasteiger partial charge in [-0.05, 0) is 24.3 Å². The van der Waals surface area contributed by atoms with Crippen LogP contribution in [0.15, 0.2) is 40.9 Å². The van der Waals surface area contributed by atoms with Crippen molar-refractivity contribution in [3.05, 3.63) is 36.4 Å². The third kappa shape index (κ3) is 3.11. The van der Waals surface area contributed by atoms with Crippen LogP contribution in [-0.4, -0.2) is 38.7 Å². The molecule has 0 unspecified atom stereocenters. The number of hydrogen-bond acceptors (Lipinski definition) is 7. The van der Waals surface area contributed by atoms with E-state index in [0.717, 1.165) is 0 Å². The third-order valence-electron chi connectivity index (χ3n) is 3.94. The molecule has 0 aliphatic carbocycles. The maximum absolute atomic E-state index is 9.96. The molecule has 26 heavy (non-hydrogen) atoms. The van der Waals surface area contributed by atoms with E-state index in [0.29, 0.717) is 45.6 Å². The van der Waals surface area contributed by atoms with Crippen molar-refractivity contribution in [3.8, 4) is 51.3 Å². The molecule has 7 heteroatoms. The van der Waals surface area contributed by atoms with Gasteiger partial charge in [0.25, 0.3) is 0 Å². The summed E-state index contributed by atoms with van der Waals surface area (Å²) >= 11 is 0. The first kappa shape index (κ1) is 17.5. The molecule has 2 aromatic carbocycles. The van der Waals surface area contributed by atoms with Crippen LogP contribution < -0.4 is 18.9 Å². The molecule has 0 atom stereocenters. The van der Waals surface area contributed by atoms with Gasteiger partial charge < -0.3 is 28.6 Å². The van der Waals surface area contributed by atoms with Gasteiger partial charge in [-0.2, -0.15) is 0 Å². The second-order valence-electron chi connectivity index (χ2n) is 5.37. The van der Waals surface area contributed by atoms with Crippen LogP contribution in [0.25, 0.3) is 22.6 Å². The molecular formula is C19H19NO6. The Hall–Kier alpha value is -3.35. The number of rotatable bonds is 6. The van der Waals surface area contributed by atoms with E-state index in [2.05, 4.69) is 5.16 Å². The lowest BCUT2D eigenvalue weighted by molar-refractivity contribution is 0.348. The molecule has 0 saturated heterocycles. The highest BCUT2D eigenvalue weighted by Crippen LogP contribution is 2.42. The lowest BCUT2D eigenvalue weighted by Crippen LogP contribution is -1.95. The standard InChI is InChI=1S/C19H19NO6/c1-22-12-8-13(19(25-4)18(9-12)24-3)17-10-14(20-26-17)11-5-6-16(23-2)15(21)7-11/h5-10,21H,1-4H3. The molecule has 0 saturated carbocycles. The molecule has 0 aliphatic rings. The molecule has 7 nitrogen and oxygen atoms in total. The topological polar surface area (TPSA) is 83.2 Å². The van der Waals surface area contributed by atoms with Crippen LogP contribution in [0, 0.1) is 0 Å². The van der Waals surface area contributed by atoms with Crippen LogP contribution >= 0.6 is 0 Å². The molecule has 1 N–H and O–H groups in total. The quantitative estimate of drug-likeness (QED) is 0.719. The molecule has 3 rings (SSSR count). The van der Waals surface area contributed by atoms with Crippen molar-refractivity contribution < 1.29 is 28.6 Å². The van der Waals surface area contributed by atoms with E-state index in [4.69, 9.17) is 23.5 Å². The molecule has 136 valence electrons. The normalized spacial score (nSPS) is 10.5. The first-order chi connectivity index (χ1) is 12.6. The highest BCUT2D eigenvalue weighted by molar-refractivity contribution is 5.75. The van der Waals surface area contributed by atoms with E-state index in [9.17, 15) is 5.11 Å². The van der Waals surface area contributed by atoms with Crippen molar-refractivity contribution in [1.82, 2.24) is 5.16 Å². The summed E-state index contributed by atoms with van der Waals surface area (Å²) in [6.45, 7) is 0. The molecule has 0 spiro atoms. The van der Waals surface area contributed by atoms with E-state index in [-0.39, 0.29) is 5.75 Å².